The number of hydrogen-bond donors (Lipinski definition) is 0. The summed E-state index contributed by atoms with van der Waals surface area (Å²) in [5.74, 6) is -0.111. The molecule has 0 bridgehead atoms. The summed E-state index contributed by atoms with van der Waals surface area (Å²) in [7, 11) is 0. The fourth-order valence-electron chi connectivity index (χ4n) is 2.41. The number of nitrogens with zero attached hydrogens (tertiary/aromatic N) is 2. The van der Waals surface area contributed by atoms with E-state index in [0.29, 0.717) is 13.0 Å². The number of hydrogen-bond acceptors (Lipinski definition) is 3. The Bertz CT molecular complexity index is 340. The SMILES string of the molecule is C=CC1CCOC(C(C)(C)C)C1(C#N)C#N. The molecule has 16 heavy (non-hydrogen) atoms. The Labute approximate surface area is 97.3 Å². The second-order valence-corrected chi connectivity index (χ2v) is 5.34. The van der Waals surface area contributed by atoms with Gasteiger partial charge in [-0.15, -0.1) is 6.58 Å². The minimum Gasteiger partial charge on any atom is -0.375 e. The summed E-state index contributed by atoms with van der Waals surface area (Å²) in [4.78, 5) is 0. The van der Waals surface area contributed by atoms with Gasteiger partial charge in [-0.05, 0) is 11.8 Å². The van der Waals surface area contributed by atoms with E-state index in [-0.39, 0.29) is 17.4 Å². The average Bonchev–Trinajstić information content (AvgIpc) is 2.26. The molecule has 0 radical (unpaired) electrons. The smallest absolute Gasteiger partial charge is 0.176 e. The van der Waals surface area contributed by atoms with Crippen LogP contribution in [-0.4, -0.2) is 12.7 Å². The van der Waals surface area contributed by atoms with E-state index in [0.717, 1.165) is 0 Å². The lowest BCUT2D eigenvalue weighted by Crippen LogP contribution is -2.51. The molecule has 0 aromatic rings. The molecule has 1 saturated heterocycles. The van der Waals surface area contributed by atoms with Crippen molar-refractivity contribution in [3.63, 3.8) is 0 Å². The van der Waals surface area contributed by atoms with E-state index in [9.17, 15) is 10.5 Å². The molecule has 3 heteroatoms. The minimum absolute atomic E-state index is 0.111. The molecule has 0 N–H and O–H groups in total. The predicted octanol–water partition coefficient (Wildman–Crippen LogP) is 2.66. The van der Waals surface area contributed by atoms with Crippen LogP contribution in [0, 0.1) is 39.4 Å². The van der Waals surface area contributed by atoms with E-state index in [1.807, 2.05) is 20.8 Å². The van der Waals surface area contributed by atoms with Crippen LogP contribution in [0.5, 0.6) is 0 Å². The van der Waals surface area contributed by atoms with Gasteiger partial charge in [0.25, 0.3) is 0 Å². The lowest BCUT2D eigenvalue weighted by Gasteiger charge is -2.45. The summed E-state index contributed by atoms with van der Waals surface area (Å²) in [6, 6.07) is 4.33. The molecule has 1 aliphatic rings. The molecule has 0 aliphatic carbocycles. The maximum atomic E-state index is 9.38. The molecule has 86 valence electrons. The Morgan fingerprint density at radius 2 is 1.94 bits per heavy atom. The summed E-state index contributed by atoms with van der Waals surface area (Å²) < 4.78 is 5.68. The highest BCUT2D eigenvalue weighted by Crippen LogP contribution is 2.46. The van der Waals surface area contributed by atoms with E-state index in [1.54, 1.807) is 6.08 Å². The topological polar surface area (TPSA) is 56.8 Å². The lowest BCUT2D eigenvalue weighted by molar-refractivity contribution is -0.110. The summed E-state index contributed by atoms with van der Waals surface area (Å²) >= 11 is 0. The van der Waals surface area contributed by atoms with Crippen molar-refractivity contribution in [2.45, 2.75) is 33.3 Å². The first-order valence-corrected chi connectivity index (χ1v) is 5.49. The Morgan fingerprint density at radius 3 is 2.31 bits per heavy atom. The minimum atomic E-state index is -1.10. The second kappa shape index (κ2) is 4.28. The van der Waals surface area contributed by atoms with E-state index in [1.165, 1.54) is 0 Å². The third kappa shape index (κ3) is 1.84. The Hall–Kier alpha value is -1.32. The first kappa shape index (κ1) is 12.7. The Morgan fingerprint density at radius 1 is 1.38 bits per heavy atom. The van der Waals surface area contributed by atoms with Crippen molar-refractivity contribution in [1.29, 1.82) is 10.5 Å². The standard InChI is InChI=1S/C13H18N2O/c1-5-10-6-7-16-11(12(2,3)4)13(10,8-14)9-15/h5,10-11H,1,6-7H2,2-4H3. The monoisotopic (exact) mass is 218 g/mol. The van der Waals surface area contributed by atoms with Gasteiger partial charge in [0.15, 0.2) is 5.41 Å². The van der Waals surface area contributed by atoms with Crippen LogP contribution in [0.15, 0.2) is 12.7 Å². The van der Waals surface area contributed by atoms with Gasteiger partial charge in [0.1, 0.15) is 0 Å². The molecule has 0 aromatic carbocycles. The van der Waals surface area contributed by atoms with Gasteiger partial charge in [0, 0.05) is 12.5 Å². The average molecular weight is 218 g/mol. The van der Waals surface area contributed by atoms with Crippen LogP contribution in [0.4, 0.5) is 0 Å². The number of nitriles is 2. The maximum absolute atomic E-state index is 9.38. The molecule has 2 atom stereocenters. The van der Waals surface area contributed by atoms with Gasteiger partial charge >= 0.3 is 0 Å². The summed E-state index contributed by atoms with van der Waals surface area (Å²) in [6.45, 7) is 10.3. The van der Waals surface area contributed by atoms with Crippen LogP contribution < -0.4 is 0 Å². The van der Waals surface area contributed by atoms with Crippen molar-refractivity contribution in [3.8, 4) is 12.1 Å². The molecule has 2 unspecified atom stereocenters. The highest BCUT2D eigenvalue weighted by Gasteiger charge is 2.53. The molecule has 0 aromatic heterocycles. The van der Waals surface area contributed by atoms with Crippen LogP contribution in [-0.2, 0) is 4.74 Å². The molecule has 1 rings (SSSR count). The number of allylic oxidation sites excluding steroid dienone is 1. The molecular formula is C13H18N2O. The van der Waals surface area contributed by atoms with Gasteiger partial charge in [-0.2, -0.15) is 10.5 Å². The van der Waals surface area contributed by atoms with Gasteiger partial charge < -0.3 is 4.74 Å². The van der Waals surface area contributed by atoms with Gasteiger partial charge in [-0.25, -0.2) is 0 Å². The van der Waals surface area contributed by atoms with E-state index < -0.39 is 5.41 Å². The van der Waals surface area contributed by atoms with Crippen molar-refractivity contribution >= 4 is 0 Å². The third-order valence-corrected chi connectivity index (χ3v) is 3.15. The highest BCUT2D eigenvalue weighted by atomic mass is 16.5. The van der Waals surface area contributed by atoms with Gasteiger partial charge in [-0.3, -0.25) is 0 Å². The maximum Gasteiger partial charge on any atom is 0.176 e. The van der Waals surface area contributed by atoms with Crippen molar-refractivity contribution < 1.29 is 4.74 Å². The second-order valence-electron chi connectivity index (χ2n) is 5.34. The van der Waals surface area contributed by atoms with Crippen LogP contribution in [0.3, 0.4) is 0 Å². The van der Waals surface area contributed by atoms with Crippen molar-refractivity contribution in [2.24, 2.45) is 16.7 Å². The summed E-state index contributed by atoms with van der Waals surface area (Å²) in [5, 5.41) is 18.8. The molecule has 1 heterocycles. The quantitative estimate of drug-likeness (QED) is 0.636. The largest absolute Gasteiger partial charge is 0.375 e. The zero-order chi connectivity index (χ0) is 12.4. The Kier molecular flexibility index (Phi) is 3.41. The predicted molar refractivity (Wildman–Crippen MR) is 61.2 cm³/mol. The van der Waals surface area contributed by atoms with Crippen molar-refractivity contribution in [1.82, 2.24) is 0 Å². The molecule has 0 spiro atoms. The molecule has 3 nitrogen and oxygen atoms in total. The van der Waals surface area contributed by atoms with E-state index >= 15 is 0 Å². The normalized spacial score (nSPS) is 28.8. The van der Waals surface area contributed by atoms with Crippen LogP contribution in [0.1, 0.15) is 27.2 Å². The highest BCUT2D eigenvalue weighted by molar-refractivity contribution is 5.25. The summed E-state index contributed by atoms with van der Waals surface area (Å²) in [6.07, 6.45) is 2.04. The van der Waals surface area contributed by atoms with E-state index in [2.05, 4.69) is 18.7 Å². The molecular weight excluding hydrogens is 200 g/mol. The van der Waals surface area contributed by atoms with Crippen LogP contribution in [0.2, 0.25) is 0 Å². The molecule has 1 aliphatic heterocycles. The first-order valence-electron chi connectivity index (χ1n) is 5.49. The zero-order valence-electron chi connectivity index (χ0n) is 10.2. The van der Waals surface area contributed by atoms with E-state index in [4.69, 9.17) is 4.74 Å². The van der Waals surface area contributed by atoms with Crippen molar-refractivity contribution in [2.75, 3.05) is 6.61 Å². The number of ether oxygens (including phenoxy) is 1. The molecule has 1 fully saturated rings. The Balaban J connectivity index is 3.23. The molecule has 0 amide bonds. The van der Waals surface area contributed by atoms with Crippen molar-refractivity contribution in [3.05, 3.63) is 12.7 Å². The fourth-order valence-corrected chi connectivity index (χ4v) is 2.41. The first-order chi connectivity index (χ1) is 7.42. The zero-order valence-corrected chi connectivity index (χ0v) is 10.2. The van der Waals surface area contributed by atoms with Gasteiger partial charge in [0.05, 0.1) is 18.2 Å². The molecule has 0 saturated carbocycles. The van der Waals surface area contributed by atoms with Crippen LogP contribution in [0.25, 0.3) is 0 Å². The summed E-state index contributed by atoms with van der Waals surface area (Å²) in [5.41, 5.74) is -1.33. The third-order valence-electron chi connectivity index (χ3n) is 3.15. The van der Waals surface area contributed by atoms with Crippen LogP contribution >= 0.6 is 0 Å². The fraction of sp³-hybridized carbons (Fsp3) is 0.692. The lowest BCUT2D eigenvalue weighted by atomic mass is 9.63. The number of rotatable bonds is 1. The van der Waals surface area contributed by atoms with Gasteiger partial charge in [0.2, 0.25) is 0 Å². The van der Waals surface area contributed by atoms with Gasteiger partial charge in [-0.1, -0.05) is 26.8 Å².